The van der Waals surface area contributed by atoms with E-state index in [1.165, 1.54) is 0 Å². The number of hydrogen-bond donors (Lipinski definition) is 1. The molecule has 3 aromatic heterocycles. The van der Waals surface area contributed by atoms with Crippen molar-refractivity contribution in [2.75, 3.05) is 16.8 Å². The first-order chi connectivity index (χ1) is 14.0. The zero-order valence-corrected chi connectivity index (χ0v) is 16.3. The number of carbonyl (C=O) groups is 1. The van der Waals surface area contributed by atoms with Gasteiger partial charge in [0, 0.05) is 24.2 Å². The molecule has 0 aromatic carbocycles. The van der Waals surface area contributed by atoms with Crippen LogP contribution in [0.5, 0.6) is 0 Å². The molecular weight excluding hydrogens is 374 g/mol. The van der Waals surface area contributed by atoms with Crippen LogP contribution in [0.25, 0.3) is 11.4 Å². The van der Waals surface area contributed by atoms with Crippen molar-refractivity contribution >= 4 is 17.9 Å². The Bertz CT molecular complexity index is 992. The van der Waals surface area contributed by atoms with E-state index in [1.807, 2.05) is 26.8 Å². The lowest BCUT2D eigenvalue weighted by Gasteiger charge is -2.23. The number of pyridine rings is 1. The van der Waals surface area contributed by atoms with E-state index in [-0.39, 0.29) is 18.0 Å². The predicted octanol–water partition coefficient (Wildman–Crippen LogP) is 3.08. The number of amides is 1. The molecule has 0 bridgehead atoms. The fourth-order valence-electron chi connectivity index (χ4n) is 3.02. The summed E-state index contributed by atoms with van der Waals surface area (Å²) in [6, 6.07) is 4.94. The first kappa shape index (κ1) is 18.8. The minimum atomic E-state index is -0.403. The maximum Gasteiger partial charge on any atom is 0.415 e. The molecule has 1 fully saturated rings. The third-order valence-corrected chi connectivity index (χ3v) is 4.64. The number of aromatic nitrogens is 5. The van der Waals surface area contributed by atoms with Gasteiger partial charge in [-0.15, -0.1) is 0 Å². The Morgan fingerprint density at radius 3 is 2.83 bits per heavy atom. The number of hydrogen-bond acceptors (Lipinski definition) is 9. The zero-order valence-electron chi connectivity index (χ0n) is 16.3. The summed E-state index contributed by atoms with van der Waals surface area (Å²) in [5, 5.41) is 7.13. The van der Waals surface area contributed by atoms with E-state index in [0.29, 0.717) is 30.1 Å². The highest BCUT2D eigenvalue weighted by Crippen LogP contribution is 2.26. The summed E-state index contributed by atoms with van der Waals surface area (Å²) in [5.74, 6) is 1.90. The third-order valence-electron chi connectivity index (χ3n) is 4.64. The summed E-state index contributed by atoms with van der Waals surface area (Å²) in [5.41, 5.74) is 0.764. The van der Waals surface area contributed by atoms with Crippen molar-refractivity contribution in [1.29, 1.82) is 0 Å². The van der Waals surface area contributed by atoms with Crippen LogP contribution in [0.2, 0.25) is 0 Å². The van der Waals surface area contributed by atoms with Crippen LogP contribution in [-0.4, -0.2) is 43.8 Å². The second-order valence-corrected chi connectivity index (χ2v) is 7.06. The zero-order chi connectivity index (χ0) is 20.4. The molecule has 1 N–H and O–H groups in total. The van der Waals surface area contributed by atoms with Crippen molar-refractivity contribution in [1.82, 2.24) is 25.1 Å². The number of anilines is 2. The van der Waals surface area contributed by atoms with Crippen LogP contribution in [0.3, 0.4) is 0 Å². The molecule has 3 aromatic rings. The lowest BCUT2D eigenvalue weighted by molar-refractivity contribution is 0.177. The van der Waals surface area contributed by atoms with E-state index in [0.717, 1.165) is 5.56 Å². The van der Waals surface area contributed by atoms with E-state index < -0.39 is 6.09 Å². The summed E-state index contributed by atoms with van der Waals surface area (Å²) >= 11 is 0. The third kappa shape index (κ3) is 3.86. The molecule has 29 heavy (non-hydrogen) atoms. The number of rotatable bonds is 6. The van der Waals surface area contributed by atoms with Crippen molar-refractivity contribution in [2.45, 2.75) is 32.9 Å². The minimum absolute atomic E-state index is 0.0688. The molecule has 1 amide bonds. The van der Waals surface area contributed by atoms with Gasteiger partial charge in [-0.25, -0.2) is 9.78 Å². The van der Waals surface area contributed by atoms with Crippen molar-refractivity contribution < 1.29 is 14.1 Å². The van der Waals surface area contributed by atoms with Crippen LogP contribution in [0.1, 0.15) is 32.7 Å². The second-order valence-electron chi connectivity index (χ2n) is 7.06. The van der Waals surface area contributed by atoms with Crippen LogP contribution in [-0.2, 0) is 4.74 Å². The fraction of sp³-hybridized carbons (Fsp3) is 0.368. The highest BCUT2D eigenvalue weighted by molar-refractivity contribution is 5.89. The fourth-order valence-corrected chi connectivity index (χ4v) is 3.02. The largest absolute Gasteiger partial charge is 0.447 e. The Labute approximate surface area is 167 Å². The standard InChI is InChI=1S/C19H21N7O3/c1-11(2)14-10-28-19(27)26(14)15-6-8-21-18(23-15)22-12(3)17-24-16(25-29-17)13-5-4-7-20-9-13/h4-9,11-12,14H,10H2,1-3H3,(H,21,22,23)/t12-,14?/m0/s1. The quantitative estimate of drug-likeness (QED) is 0.671. The molecule has 1 aliphatic rings. The summed E-state index contributed by atoms with van der Waals surface area (Å²) in [6.45, 7) is 6.28. The Morgan fingerprint density at radius 2 is 2.07 bits per heavy atom. The molecule has 1 aliphatic heterocycles. The summed E-state index contributed by atoms with van der Waals surface area (Å²) in [7, 11) is 0. The van der Waals surface area contributed by atoms with Gasteiger partial charge in [-0.1, -0.05) is 19.0 Å². The maximum absolute atomic E-state index is 12.2. The van der Waals surface area contributed by atoms with E-state index in [1.54, 1.807) is 35.6 Å². The van der Waals surface area contributed by atoms with Crippen LogP contribution in [0.4, 0.5) is 16.6 Å². The van der Waals surface area contributed by atoms with Crippen molar-refractivity contribution in [3.05, 3.63) is 42.7 Å². The highest BCUT2D eigenvalue weighted by atomic mass is 16.6. The highest BCUT2D eigenvalue weighted by Gasteiger charge is 2.37. The number of cyclic esters (lactones) is 1. The average molecular weight is 395 g/mol. The topological polar surface area (TPSA) is 119 Å². The molecule has 1 unspecified atom stereocenters. The van der Waals surface area contributed by atoms with Crippen LogP contribution in [0, 0.1) is 5.92 Å². The van der Waals surface area contributed by atoms with Gasteiger partial charge in [-0.2, -0.15) is 9.97 Å². The molecule has 10 heteroatoms. The molecule has 0 radical (unpaired) electrons. The van der Waals surface area contributed by atoms with E-state index in [4.69, 9.17) is 9.26 Å². The number of ether oxygens (including phenoxy) is 1. The molecule has 4 rings (SSSR count). The van der Waals surface area contributed by atoms with Gasteiger partial charge >= 0.3 is 6.09 Å². The molecule has 0 aliphatic carbocycles. The molecular formula is C19H21N7O3. The first-order valence-corrected chi connectivity index (χ1v) is 9.32. The summed E-state index contributed by atoms with van der Waals surface area (Å²) in [6.07, 6.45) is 4.54. The summed E-state index contributed by atoms with van der Waals surface area (Å²) < 4.78 is 10.6. The van der Waals surface area contributed by atoms with Gasteiger partial charge in [-0.3, -0.25) is 9.88 Å². The number of nitrogens with one attached hydrogen (secondary N) is 1. The van der Waals surface area contributed by atoms with Crippen LogP contribution in [0.15, 0.2) is 41.3 Å². The first-order valence-electron chi connectivity index (χ1n) is 9.32. The van der Waals surface area contributed by atoms with Gasteiger partial charge in [0.05, 0.1) is 6.04 Å². The van der Waals surface area contributed by atoms with Crippen molar-refractivity contribution in [3.63, 3.8) is 0 Å². The smallest absolute Gasteiger partial charge is 0.415 e. The number of carbonyl (C=O) groups excluding carboxylic acids is 1. The van der Waals surface area contributed by atoms with Crippen molar-refractivity contribution in [3.8, 4) is 11.4 Å². The molecule has 0 saturated carbocycles. The molecule has 10 nitrogen and oxygen atoms in total. The summed E-state index contributed by atoms with van der Waals surface area (Å²) in [4.78, 5) is 30.9. The van der Waals surface area contributed by atoms with Gasteiger partial charge < -0.3 is 14.6 Å². The monoisotopic (exact) mass is 395 g/mol. The van der Waals surface area contributed by atoms with E-state index >= 15 is 0 Å². The Hall–Kier alpha value is -3.56. The Kier molecular flexibility index (Phi) is 5.07. The SMILES string of the molecule is CC(C)C1COC(=O)N1c1ccnc(N[C@@H](C)c2nc(-c3cccnc3)no2)n1. The number of nitrogens with zero attached hydrogens (tertiary/aromatic N) is 6. The van der Waals surface area contributed by atoms with Gasteiger partial charge in [0.25, 0.3) is 0 Å². The van der Waals surface area contributed by atoms with Crippen LogP contribution >= 0.6 is 0 Å². The van der Waals surface area contributed by atoms with Gasteiger partial charge in [-0.05, 0) is 31.0 Å². The lowest BCUT2D eigenvalue weighted by atomic mass is 10.0. The van der Waals surface area contributed by atoms with Gasteiger partial charge in [0.15, 0.2) is 0 Å². The molecule has 150 valence electrons. The average Bonchev–Trinajstić information content (AvgIpc) is 3.36. The minimum Gasteiger partial charge on any atom is -0.447 e. The predicted molar refractivity (Wildman–Crippen MR) is 104 cm³/mol. The van der Waals surface area contributed by atoms with E-state index in [2.05, 4.69) is 30.4 Å². The van der Waals surface area contributed by atoms with Crippen molar-refractivity contribution in [2.24, 2.45) is 5.92 Å². The second kappa shape index (κ2) is 7.82. The normalized spacial score (nSPS) is 17.4. The molecule has 1 saturated heterocycles. The Morgan fingerprint density at radius 1 is 1.21 bits per heavy atom. The maximum atomic E-state index is 12.2. The molecule has 0 spiro atoms. The lowest BCUT2D eigenvalue weighted by Crippen LogP contribution is -2.37. The Balaban J connectivity index is 1.51. The van der Waals surface area contributed by atoms with Gasteiger partial charge in [0.2, 0.25) is 17.7 Å². The van der Waals surface area contributed by atoms with Gasteiger partial charge in [0.1, 0.15) is 18.5 Å². The van der Waals surface area contributed by atoms with E-state index in [9.17, 15) is 4.79 Å². The molecule has 2 atom stereocenters. The molecule has 4 heterocycles. The van der Waals surface area contributed by atoms with Crippen LogP contribution < -0.4 is 10.2 Å².